The number of hydrogen-bond acceptors (Lipinski definition) is 6. The molecule has 1 aliphatic rings. The summed E-state index contributed by atoms with van der Waals surface area (Å²) >= 11 is 0. The molecular formula is C25H31N5O5. The molecule has 0 bridgehead atoms. The molecule has 2 heterocycles. The van der Waals surface area contributed by atoms with Crippen molar-refractivity contribution in [1.82, 2.24) is 25.4 Å². The lowest BCUT2D eigenvalue weighted by Gasteiger charge is -2.24. The zero-order valence-electron chi connectivity index (χ0n) is 20.1. The number of Topliss-reactive ketones (excluding diaryl/α,β-unsaturated/α-hetero) is 1. The minimum absolute atomic E-state index is 0.263. The summed E-state index contributed by atoms with van der Waals surface area (Å²) in [6.45, 7) is 4.63. The van der Waals surface area contributed by atoms with Gasteiger partial charge in [-0.15, -0.1) is 0 Å². The van der Waals surface area contributed by atoms with Gasteiger partial charge in [-0.25, -0.2) is 0 Å². The molecule has 4 amide bonds. The fraction of sp³-hybridized carbons (Fsp3) is 0.440. The number of ketones is 1. The number of benzene rings is 1. The molecule has 2 aromatic rings. The molecule has 0 spiro atoms. The van der Waals surface area contributed by atoms with Gasteiger partial charge in [0.05, 0.1) is 24.2 Å². The van der Waals surface area contributed by atoms with Gasteiger partial charge in [-0.2, -0.15) is 0 Å². The molecule has 1 fully saturated rings. The van der Waals surface area contributed by atoms with Gasteiger partial charge in [0.15, 0.2) is 0 Å². The molecule has 1 aromatic carbocycles. The lowest BCUT2D eigenvalue weighted by Crippen LogP contribution is -2.50. The van der Waals surface area contributed by atoms with Gasteiger partial charge in [0.1, 0.15) is 6.04 Å². The van der Waals surface area contributed by atoms with Crippen LogP contribution >= 0.6 is 0 Å². The highest BCUT2D eigenvalue weighted by Crippen LogP contribution is 2.19. The van der Waals surface area contributed by atoms with E-state index in [-0.39, 0.29) is 19.0 Å². The van der Waals surface area contributed by atoms with Crippen LogP contribution in [0.5, 0.6) is 0 Å². The number of pyridine rings is 1. The van der Waals surface area contributed by atoms with Gasteiger partial charge in [-0.3, -0.25) is 29.0 Å². The number of likely N-dealkylation sites (N-methyl/N-ethyl adjacent to an activating group) is 1. The maximum absolute atomic E-state index is 12.8. The van der Waals surface area contributed by atoms with Crippen LogP contribution < -0.4 is 10.6 Å². The minimum atomic E-state index is -0.908. The van der Waals surface area contributed by atoms with Crippen molar-refractivity contribution in [3.8, 4) is 0 Å². The van der Waals surface area contributed by atoms with Crippen LogP contribution in [-0.4, -0.2) is 83.0 Å². The Balaban J connectivity index is 1.56. The summed E-state index contributed by atoms with van der Waals surface area (Å²) in [5.41, 5.74) is 1.06. The van der Waals surface area contributed by atoms with Crippen molar-refractivity contribution in [2.45, 2.75) is 39.2 Å². The van der Waals surface area contributed by atoms with E-state index in [1.807, 2.05) is 19.9 Å². The maximum atomic E-state index is 12.8. The highest BCUT2D eigenvalue weighted by atomic mass is 16.2. The van der Waals surface area contributed by atoms with Gasteiger partial charge in [-0.05, 0) is 38.3 Å². The minimum Gasteiger partial charge on any atom is -0.343 e. The van der Waals surface area contributed by atoms with E-state index in [2.05, 4.69) is 15.6 Å². The summed E-state index contributed by atoms with van der Waals surface area (Å²) in [5, 5.41) is 5.66. The van der Waals surface area contributed by atoms with E-state index < -0.39 is 29.5 Å². The van der Waals surface area contributed by atoms with Crippen molar-refractivity contribution in [1.29, 1.82) is 0 Å². The fourth-order valence-electron chi connectivity index (χ4n) is 4.22. The van der Waals surface area contributed by atoms with E-state index in [4.69, 9.17) is 0 Å². The van der Waals surface area contributed by atoms with Crippen molar-refractivity contribution in [3.63, 3.8) is 0 Å². The second-order valence-electron chi connectivity index (χ2n) is 8.32. The SMILES string of the molecule is CCCN(CC)C(=O)CNC(=O)C(=O)C1CCCN1C(=O)CNC(=O)c1ccnc2ccccc12. The van der Waals surface area contributed by atoms with E-state index in [1.165, 1.54) is 11.1 Å². The highest BCUT2D eigenvalue weighted by molar-refractivity contribution is 6.38. The van der Waals surface area contributed by atoms with Crippen LogP contribution in [0, 0.1) is 0 Å². The molecule has 0 radical (unpaired) electrons. The maximum Gasteiger partial charge on any atom is 0.290 e. The Morgan fingerprint density at radius 1 is 1.06 bits per heavy atom. The molecule has 35 heavy (non-hydrogen) atoms. The smallest absolute Gasteiger partial charge is 0.290 e. The van der Waals surface area contributed by atoms with Crippen LogP contribution in [0.15, 0.2) is 36.5 Å². The first kappa shape index (κ1) is 25.8. The Kier molecular flexibility index (Phi) is 8.88. The molecule has 1 atom stereocenters. The standard InChI is InChI=1S/C25H31N5O5/c1-3-13-29(4-2)21(31)15-28-25(35)23(33)20-10-7-14-30(20)22(32)16-27-24(34)18-11-12-26-19-9-6-5-8-17(18)19/h5-6,8-9,11-12,20H,3-4,7,10,13-16H2,1-2H3,(H,27,34)(H,28,35). The Morgan fingerprint density at radius 3 is 2.57 bits per heavy atom. The molecule has 2 N–H and O–H groups in total. The summed E-state index contributed by atoms with van der Waals surface area (Å²) in [7, 11) is 0. The quantitative estimate of drug-likeness (QED) is 0.485. The first-order chi connectivity index (χ1) is 16.9. The highest BCUT2D eigenvalue weighted by Gasteiger charge is 2.37. The number of hydrogen-bond donors (Lipinski definition) is 2. The largest absolute Gasteiger partial charge is 0.343 e. The average Bonchev–Trinajstić information content (AvgIpc) is 3.37. The van der Waals surface area contributed by atoms with Crippen molar-refractivity contribution >= 4 is 40.3 Å². The molecule has 1 saturated heterocycles. The normalized spacial score (nSPS) is 15.0. The third-order valence-corrected chi connectivity index (χ3v) is 6.02. The predicted molar refractivity (Wildman–Crippen MR) is 129 cm³/mol. The van der Waals surface area contributed by atoms with Gasteiger partial charge >= 0.3 is 0 Å². The van der Waals surface area contributed by atoms with Crippen molar-refractivity contribution < 1.29 is 24.0 Å². The van der Waals surface area contributed by atoms with Crippen molar-refractivity contribution in [2.75, 3.05) is 32.7 Å². The predicted octanol–water partition coefficient (Wildman–Crippen LogP) is 0.899. The second-order valence-corrected chi connectivity index (χ2v) is 8.32. The fourth-order valence-corrected chi connectivity index (χ4v) is 4.22. The van der Waals surface area contributed by atoms with Gasteiger partial charge in [0, 0.05) is 31.2 Å². The number of amides is 4. The van der Waals surface area contributed by atoms with Crippen LogP contribution in [0.1, 0.15) is 43.5 Å². The zero-order chi connectivity index (χ0) is 25.4. The summed E-state index contributed by atoms with van der Waals surface area (Å²) in [4.78, 5) is 70.0. The molecule has 10 heteroatoms. The monoisotopic (exact) mass is 481 g/mol. The number of carbonyl (C=O) groups excluding carboxylic acids is 5. The molecule has 0 aliphatic carbocycles. The van der Waals surface area contributed by atoms with E-state index in [0.29, 0.717) is 48.9 Å². The van der Waals surface area contributed by atoms with Gasteiger partial charge < -0.3 is 20.4 Å². The molecule has 1 aromatic heterocycles. The van der Waals surface area contributed by atoms with Gasteiger partial charge in [0.25, 0.3) is 11.8 Å². The molecule has 1 aliphatic heterocycles. The topological polar surface area (TPSA) is 129 Å². The van der Waals surface area contributed by atoms with Crippen LogP contribution in [0.4, 0.5) is 0 Å². The summed E-state index contributed by atoms with van der Waals surface area (Å²) in [5.74, 6) is -2.78. The lowest BCUT2D eigenvalue weighted by molar-refractivity contribution is -0.144. The molecular weight excluding hydrogens is 450 g/mol. The number of nitrogens with one attached hydrogen (secondary N) is 2. The average molecular weight is 482 g/mol. The molecule has 3 rings (SSSR count). The van der Waals surface area contributed by atoms with Gasteiger partial charge in [-0.1, -0.05) is 25.1 Å². The number of para-hydroxylation sites is 1. The Bertz CT molecular complexity index is 1110. The Hall–Kier alpha value is -3.82. The number of nitrogens with zero attached hydrogens (tertiary/aromatic N) is 3. The van der Waals surface area contributed by atoms with Crippen LogP contribution in [-0.2, 0) is 19.2 Å². The van der Waals surface area contributed by atoms with E-state index in [1.54, 1.807) is 29.2 Å². The second kappa shape index (κ2) is 12.0. The van der Waals surface area contributed by atoms with Gasteiger partial charge in [0.2, 0.25) is 17.6 Å². The Morgan fingerprint density at radius 2 is 1.83 bits per heavy atom. The third-order valence-electron chi connectivity index (χ3n) is 6.02. The number of aromatic nitrogens is 1. The summed E-state index contributed by atoms with van der Waals surface area (Å²) < 4.78 is 0. The van der Waals surface area contributed by atoms with Crippen LogP contribution in [0.3, 0.4) is 0 Å². The Labute approximate surface area is 204 Å². The number of fused-ring (bicyclic) bond motifs is 1. The van der Waals surface area contributed by atoms with Crippen LogP contribution in [0.2, 0.25) is 0 Å². The molecule has 1 unspecified atom stereocenters. The first-order valence-electron chi connectivity index (χ1n) is 11.9. The molecule has 10 nitrogen and oxygen atoms in total. The summed E-state index contributed by atoms with van der Waals surface area (Å²) in [6.07, 6.45) is 3.24. The molecule has 0 saturated carbocycles. The number of likely N-dealkylation sites (tertiary alicyclic amines) is 1. The molecule has 186 valence electrons. The lowest BCUT2D eigenvalue weighted by atomic mass is 10.1. The van der Waals surface area contributed by atoms with E-state index in [0.717, 1.165) is 6.42 Å². The van der Waals surface area contributed by atoms with E-state index >= 15 is 0 Å². The van der Waals surface area contributed by atoms with Crippen molar-refractivity contribution in [2.24, 2.45) is 0 Å². The number of carbonyl (C=O) groups is 5. The number of rotatable bonds is 10. The van der Waals surface area contributed by atoms with E-state index in [9.17, 15) is 24.0 Å². The third kappa shape index (κ3) is 6.20. The zero-order valence-corrected chi connectivity index (χ0v) is 20.1. The summed E-state index contributed by atoms with van der Waals surface area (Å²) in [6, 6.07) is 7.86. The van der Waals surface area contributed by atoms with Crippen molar-refractivity contribution in [3.05, 3.63) is 42.1 Å². The first-order valence-corrected chi connectivity index (χ1v) is 11.9. The van der Waals surface area contributed by atoms with Crippen LogP contribution in [0.25, 0.3) is 10.9 Å².